The molecule has 7 nitrogen and oxygen atoms in total. The molecule has 1 unspecified atom stereocenters. The van der Waals surface area contributed by atoms with Gasteiger partial charge in [0.25, 0.3) is 0 Å². The normalized spacial score (nSPS) is 20.8. The first-order valence-electron chi connectivity index (χ1n) is 6.28. The maximum absolute atomic E-state index is 12.1. The van der Waals surface area contributed by atoms with Crippen molar-refractivity contribution in [1.82, 2.24) is 14.7 Å². The SMILES string of the molecule is CC(=O)N1CCN(CC(N)=O)CC(C(=O)N(C)C)C1. The lowest BCUT2D eigenvalue weighted by atomic mass is 10.1. The van der Waals surface area contributed by atoms with E-state index in [2.05, 4.69) is 0 Å². The van der Waals surface area contributed by atoms with Crippen molar-refractivity contribution < 1.29 is 14.4 Å². The Hall–Kier alpha value is -1.63. The van der Waals surface area contributed by atoms with Crippen LogP contribution in [-0.2, 0) is 14.4 Å². The first-order valence-corrected chi connectivity index (χ1v) is 6.28. The van der Waals surface area contributed by atoms with Crippen LogP contribution in [0.15, 0.2) is 0 Å². The summed E-state index contributed by atoms with van der Waals surface area (Å²) in [6.07, 6.45) is 0. The van der Waals surface area contributed by atoms with Gasteiger partial charge in [-0.3, -0.25) is 19.3 Å². The molecule has 7 heteroatoms. The molecule has 0 spiro atoms. The maximum atomic E-state index is 12.1. The fraction of sp³-hybridized carbons (Fsp3) is 0.750. The number of rotatable bonds is 3. The number of amides is 3. The van der Waals surface area contributed by atoms with Crippen LogP contribution in [0.1, 0.15) is 6.92 Å². The third-order valence-corrected chi connectivity index (χ3v) is 3.22. The zero-order valence-corrected chi connectivity index (χ0v) is 11.8. The molecule has 1 rings (SSSR count). The molecule has 0 radical (unpaired) electrons. The highest BCUT2D eigenvalue weighted by atomic mass is 16.2. The summed E-state index contributed by atoms with van der Waals surface area (Å²) in [6.45, 7) is 3.51. The fourth-order valence-electron chi connectivity index (χ4n) is 2.25. The van der Waals surface area contributed by atoms with Gasteiger partial charge in [0.1, 0.15) is 0 Å². The molecule has 1 fully saturated rings. The average molecular weight is 270 g/mol. The molecule has 0 saturated carbocycles. The highest BCUT2D eigenvalue weighted by Gasteiger charge is 2.30. The molecule has 1 aliphatic rings. The molecule has 0 bridgehead atoms. The summed E-state index contributed by atoms with van der Waals surface area (Å²) in [7, 11) is 3.37. The number of primary amides is 1. The van der Waals surface area contributed by atoms with Crippen LogP contribution in [0, 0.1) is 5.92 Å². The summed E-state index contributed by atoms with van der Waals surface area (Å²) in [5, 5.41) is 0. The van der Waals surface area contributed by atoms with Gasteiger partial charge in [-0.05, 0) is 0 Å². The number of hydrogen-bond acceptors (Lipinski definition) is 4. The van der Waals surface area contributed by atoms with Gasteiger partial charge in [-0.25, -0.2) is 0 Å². The minimum Gasteiger partial charge on any atom is -0.369 e. The minimum absolute atomic E-state index is 0.0392. The van der Waals surface area contributed by atoms with Crippen LogP contribution < -0.4 is 5.73 Å². The van der Waals surface area contributed by atoms with Gasteiger partial charge in [0.15, 0.2) is 0 Å². The summed E-state index contributed by atoms with van der Waals surface area (Å²) >= 11 is 0. The third-order valence-electron chi connectivity index (χ3n) is 3.22. The van der Waals surface area contributed by atoms with Gasteiger partial charge in [0, 0.05) is 47.2 Å². The third kappa shape index (κ3) is 4.51. The van der Waals surface area contributed by atoms with Crippen molar-refractivity contribution in [2.24, 2.45) is 11.7 Å². The summed E-state index contributed by atoms with van der Waals surface area (Å²) < 4.78 is 0. The second-order valence-corrected chi connectivity index (χ2v) is 5.10. The maximum Gasteiger partial charge on any atom is 0.231 e. The van der Waals surface area contributed by atoms with E-state index in [-0.39, 0.29) is 24.3 Å². The Morgan fingerprint density at radius 3 is 2.32 bits per heavy atom. The van der Waals surface area contributed by atoms with E-state index >= 15 is 0 Å². The van der Waals surface area contributed by atoms with E-state index in [4.69, 9.17) is 5.73 Å². The Morgan fingerprint density at radius 2 is 1.84 bits per heavy atom. The van der Waals surface area contributed by atoms with E-state index in [1.807, 2.05) is 4.90 Å². The van der Waals surface area contributed by atoms with Crippen molar-refractivity contribution in [3.05, 3.63) is 0 Å². The summed E-state index contributed by atoms with van der Waals surface area (Å²) in [5.41, 5.74) is 5.19. The van der Waals surface area contributed by atoms with Crippen molar-refractivity contribution in [2.45, 2.75) is 6.92 Å². The molecule has 108 valence electrons. The van der Waals surface area contributed by atoms with Gasteiger partial charge >= 0.3 is 0 Å². The van der Waals surface area contributed by atoms with Crippen LogP contribution in [0.25, 0.3) is 0 Å². The minimum atomic E-state index is -0.424. The quantitative estimate of drug-likeness (QED) is 0.665. The molecule has 2 N–H and O–H groups in total. The van der Waals surface area contributed by atoms with Gasteiger partial charge in [-0.2, -0.15) is 0 Å². The standard InChI is InChI=1S/C12H22N4O3/c1-9(17)16-5-4-15(8-11(13)18)6-10(7-16)12(19)14(2)3/h10H,4-8H2,1-3H3,(H2,13,18). The highest BCUT2D eigenvalue weighted by Crippen LogP contribution is 2.12. The molecule has 1 aliphatic heterocycles. The number of carbonyl (C=O) groups is 3. The highest BCUT2D eigenvalue weighted by molar-refractivity contribution is 5.80. The predicted molar refractivity (Wildman–Crippen MR) is 70.1 cm³/mol. The van der Waals surface area contributed by atoms with Crippen LogP contribution in [-0.4, -0.2) is 79.2 Å². The second kappa shape index (κ2) is 6.51. The second-order valence-electron chi connectivity index (χ2n) is 5.10. The Bertz CT molecular complexity index is 370. The largest absolute Gasteiger partial charge is 0.369 e. The van der Waals surface area contributed by atoms with Crippen LogP contribution in [0.5, 0.6) is 0 Å². The number of nitrogens with zero attached hydrogens (tertiary/aromatic N) is 3. The molecule has 0 aromatic heterocycles. The number of nitrogens with two attached hydrogens (primary N) is 1. The van der Waals surface area contributed by atoms with Crippen LogP contribution in [0.2, 0.25) is 0 Å². The van der Waals surface area contributed by atoms with Crippen molar-refractivity contribution in [3.63, 3.8) is 0 Å². The van der Waals surface area contributed by atoms with E-state index in [1.54, 1.807) is 19.0 Å². The summed E-state index contributed by atoms with van der Waals surface area (Å²) in [5.74, 6) is -0.840. The lowest BCUT2D eigenvalue weighted by Crippen LogP contribution is -2.42. The Kier molecular flexibility index (Phi) is 5.29. The Balaban J connectivity index is 2.82. The molecule has 19 heavy (non-hydrogen) atoms. The van der Waals surface area contributed by atoms with Gasteiger partial charge < -0.3 is 15.5 Å². The monoisotopic (exact) mass is 270 g/mol. The van der Waals surface area contributed by atoms with Gasteiger partial charge in [0.2, 0.25) is 17.7 Å². The van der Waals surface area contributed by atoms with E-state index in [0.717, 1.165) is 0 Å². The Morgan fingerprint density at radius 1 is 1.21 bits per heavy atom. The Labute approximate surface area is 113 Å². The van der Waals surface area contributed by atoms with Crippen molar-refractivity contribution >= 4 is 17.7 Å². The van der Waals surface area contributed by atoms with E-state index < -0.39 is 5.91 Å². The fourth-order valence-corrected chi connectivity index (χ4v) is 2.25. The predicted octanol–water partition coefficient (Wildman–Crippen LogP) is -1.66. The molecule has 0 aromatic rings. The first-order chi connectivity index (χ1) is 8.81. The van der Waals surface area contributed by atoms with Crippen LogP contribution in [0.3, 0.4) is 0 Å². The lowest BCUT2D eigenvalue weighted by molar-refractivity contribution is -0.136. The molecule has 1 heterocycles. The van der Waals surface area contributed by atoms with E-state index in [1.165, 1.54) is 11.8 Å². The summed E-state index contributed by atoms with van der Waals surface area (Å²) in [6, 6.07) is 0. The van der Waals surface area contributed by atoms with Gasteiger partial charge in [-0.15, -0.1) is 0 Å². The molecule has 1 atom stereocenters. The summed E-state index contributed by atoms with van der Waals surface area (Å²) in [4.78, 5) is 39.6. The van der Waals surface area contributed by atoms with Gasteiger partial charge in [-0.1, -0.05) is 0 Å². The van der Waals surface area contributed by atoms with Crippen LogP contribution >= 0.6 is 0 Å². The van der Waals surface area contributed by atoms with Crippen molar-refractivity contribution in [1.29, 1.82) is 0 Å². The van der Waals surface area contributed by atoms with Crippen molar-refractivity contribution in [2.75, 3.05) is 46.8 Å². The molecule has 3 amide bonds. The van der Waals surface area contributed by atoms with Gasteiger partial charge in [0.05, 0.1) is 12.5 Å². The molecular weight excluding hydrogens is 248 g/mol. The molecule has 0 aromatic carbocycles. The molecule has 1 saturated heterocycles. The van der Waals surface area contributed by atoms with E-state index in [9.17, 15) is 14.4 Å². The molecular formula is C12H22N4O3. The smallest absolute Gasteiger partial charge is 0.231 e. The zero-order chi connectivity index (χ0) is 14.6. The van der Waals surface area contributed by atoms with E-state index in [0.29, 0.717) is 26.2 Å². The topological polar surface area (TPSA) is 87.0 Å². The lowest BCUT2D eigenvalue weighted by Gasteiger charge is -2.25. The number of hydrogen-bond donors (Lipinski definition) is 1. The first kappa shape index (κ1) is 15.4. The van der Waals surface area contributed by atoms with Crippen LogP contribution in [0.4, 0.5) is 0 Å². The average Bonchev–Trinajstić information content (AvgIpc) is 2.49. The zero-order valence-electron chi connectivity index (χ0n) is 11.8. The molecule has 0 aliphatic carbocycles. The van der Waals surface area contributed by atoms with Crippen molar-refractivity contribution in [3.8, 4) is 0 Å². The number of carbonyl (C=O) groups excluding carboxylic acids is 3.